The van der Waals surface area contributed by atoms with Crippen LogP contribution in [0, 0.1) is 6.92 Å². The SMILES string of the molecule is Cc1[nH]c(=O)[nH]c1C(=O)c1ccc(S(C)(=O)=O)cc1. The van der Waals surface area contributed by atoms with Crippen LogP contribution in [0.25, 0.3) is 0 Å². The number of aromatic nitrogens is 2. The number of imidazole rings is 1. The smallest absolute Gasteiger partial charge is 0.310 e. The zero-order chi connectivity index (χ0) is 14.2. The van der Waals surface area contributed by atoms with E-state index >= 15 is 0 Å². The van der Waals surface area contributed by atoms with Gasteiger partial charge in [-0.1, -0.05) is 0 Å². The molecule has 0 amide bonds. The van der Waals surface area contributed by atoms with Gasteiger partial charge in [0.15, 0.2) is 9.84 Å². The summed E-state index contributed by atoms with van der Waals surface area (Å²) in [5.41, 5.74) is 0.485. The number of nitrogens with one attached hydrogen (secondary N) is 2. The van der Waals surface area contributed by atoms with Crippen LogP contribution < -0.4 is 5.69 Å². The molecular weight excluding hydrogens is 268 g/mol. The number of ketones is 1. The van der Waals surface area contributed by atoms with Crippen LogP contribution in [0.3, 0.4) is 0 Å². The third kappa shape index (κ3) is 2.65. The molecule has 1 aromatic heterocycles. The number of carbonyl (C=O) groups is 1. The Labute approximate surface area is 109 Å². The van der Waals surface area contributed by atoms with Crippen molar-refractivity contribution in [2.45, 2.75) is 11.8 Å². The molecule has 2 N–H and O–H groups in total. The first-order valence-corrected chi connectivity index (χ1v) is 7.32. The predicted octanol–water partition coefficient (Wildman–Crippen LogP) is 0.646. The minimum Gasteiger partial charge on any atom is -0.310 e. The summed E-state index contributed by atoms with van der Waals surface area (Å²) in [5, 5.41) is 0. The van der Waals surface area contributed by atoms with Gasteiger partial charge in [-0.25, -0.2) is 13.2 Å². The number of sulfone groups is 1. The zero-order valence-electron chi connectivity index (χ0n) is 10.4. The number of aryl methyl sites for hydroxylation is 1. The Morgan fingerprint density at radius 1 is 1.11 bits per heavy atom. The average Bonchev–Trinajstić information content (AvgIpc) is 2.66. The molecule has 7 heteroatoms. The van der Waals surface area contributed by atoms with Crippen molar-refractivity contribution < 1.29 is 13.2 Å². The van der Waals surface area contributed by atoms with Crippen LogP contribution >= 0.6 is 0 Å². The van der Waals surface area contributed by atoms with Crippen LogP contribution in [0.15, 0.2) is 34.0 Å². The molecule has 0 spiro atoms. The lowest BCUT2D eigenvalue weighted by Crippen LogP contribution is -2.07. The highest BCUT2D eigenvalue weighted by molar-refractivity contribution is 7.90. The first-order valence-electron chi connectivity index (χ1n) is 5.43. The summed E-state index contributed by atoms with van der Waals surface area (Å²) in [4.78, 5) is 28.2. The van der Waals surface area contributed by atoms with Gasteiger partial charge in [-0.05, 0) is 31.2 Å². The largest absolute Gasteiger partial charge is 0.323 e. The van der Waals surface area contributed by atoms with Crippen LogP contribution in [0.5, 0.6) is 0 Å². The van der Waals surface area contributed by atoms with E-state index in [2.05, 4.69) is 9.97 Å². The summed E-state index contributed by atoms with van der Waals surface area (Å²) >= 11 is 0. The van der Waals surface area contributed by atoms with Gasteiger partial charge in [-0.15, -0.1) is 0 Å². The fourth-order valence-corrected chi connectivity index (χ4v) is 2.33. The van der Waals surface area contributed by atoms with E-state index in [1.807, 2.05) is 0 Å². The summed E-state index contributed by atoms with van der Waals surface area (Å²) in [7, 11) is -3.29. The topological polar surface area (TPSA) is 99.9 Å². The van der Waals surface area contributed by atoms with Gasteiger partial charge in [-0.2, -0.15) is 0 Å². The molecule has 0 saturated heterocycles. The Morgan fingerprint density at radius 3 is 2.11 bits per heavy atom. The van der Waals surface area contributed by atoms with Crippen LogP contribution in [0.2, 0.25) is 0 Å². The van der Waals surface area contributed by atoms with Crippen LogP contribution in [-0.2, 0) is 9.84 Å². The normalized spacial score (nSPS) is 11.5. The second kappa shape index (κ2) is 4.51. The fraction of sp³-hybridized carbons (Fsp3) is 0.167. The number of H-pyrrole nitrogens is 2. The average molecular weight is 280 g/mol. The van der Waals surface area contributed by atoms with E-state index in [1.165, 1.54) is 24.3 Å². The Morgan fingerprint density at radius 2 is 1.68 bits per heavy atom. The molecule has 2 rings (SSSR count). The quantitative estimate of drug-likeness (QED) is 0.806. The lowest BCUT2D eigenvalue weighted by molar-refractivity contribution is 0.103. The molecule has 1 heterocycles. The Hall–Kier alpha value is -2.15. The second-order valence-electron chi connectivity index (χ2n) is 4.20. The predicted molar refractivity (Wildman–Crippen MR) is 69.1 cm³/mol. The molecule has 2 aromatic rings. The number of rotatable bonds is 3. The first kappa shape index (κ1) is 13.3. The van der Waals surface area contributed by atoms with Gasteiger partial charge in [0, 0.05) is 17.5 Å². The van der Waals surface area contributed by atoms with Crippen LogP contribution in [0.4, 0.5) is 0 Å². The lowest BCUT2D eigenvalue weighted by atomic mass is 10.1. The molecular formula is C12H12N2O4S. The van der Waals surface area contributed by atoms with Crippen LogP contribution in [0.1, 0.15) is 21.7 Å². The highest BCUT2D eigenvalue weighted by atomic mass is 32.2. The summed E-state index contributed by atoms with van der Waals surface area (Å²) in [6, 6.07) is 5.57. The van der Waals surface area contributed by atoms with Gasteiger partial charge in [0.1, 0.15) is 5.69 Å². The van der Waals surface area contributed by atoms with Crippen molar-refractivity contribution in [3.05, 3.63) is 51.7 Å². The molecule has 0 aliphatic heterocycles. The monoisotopic (exact) mass is 280 g/mol. The molecule has 0 atom stereocenters. The van der Waals surface area contributed by atoms with Crippen molar-refractivity contribution in [2.75, 3.05) is 6.26 Å². The molecule has 19 heavy (non-hydrogen) atoms. The minimum atomic E-state index is -3.29. The molecule has 0 bridgehead atoms. The summed E-state index contributed by atoms with van der Waals surface area (Å²) < 4.78 is 22.6. The summed E-state index contributed by atoms with van der Waals surface area (Å²) in [5.74, 6) is -0.365. The maximum Gasteiger partial charge on any atom is 0.323 e. The van der Waals surface area contributed by atoms with E-state index in [0.29, 0.717) is 11.3 Å². The van der Waals surface area contributed by atoms with Gasteiger partial charge in [0.2, 0.25) is 5.78 Å². The molecule has 0 radical (unpaired) electrons. The number of benzene rings is 1. The van der Waals surface area contributed by atoms with Crippen molar-refractivity contribution in [1.82, 2.24) is 9.97 Å². The number of hydrogen-bond donors (Lipinski definition) is 2. The van der Waals surface area contributed by atoms with Crippen molar-refractivity contribution in [2.24, 2.45) is 0 Å². The molecule has 100 valence electrons. The van der Waals surface area contributed by atoms with Gasteiger partial charge in [0.05, 0.1) is 4.90 Å². The minimum absolute atomic E-state index is 0.142. The van der Waals surface area contributed by atoms with Gasteiger partial charge >= 0.3 is 5.69 Å². The van der Waals surface area contributed by atoms with E-state index in [-0.39, 0.29) is 16.4 Å². The second-order valence-corrected chi connectivity index (χ2v) is 6.22. The molecule has 6 nitrogen and oxygen atoms in total. The van der Waals surface area contributed by atoms with E-state index in [9.17, 15) is 18.0 Å². The van der Waals surface area contributed by atoms with Crippen LogP contribution in [-0.4, -0.2) is 30.4 Å². The Balaban J connectivity index is 2.41. The van der Waals surface area contributed by atoms with E-state index in [4.69, 9.17) is 0 Å². The molecule has 0 fully saturated rings. The third-order valence-electron chi connectivity index (χ3n) is 2.69. The Bertz CT molecular complexity index is 782. The molecule has 0 unspecified atom stereocenters. The lowest BCUT2D eigenvalue weighted by Gasteiger charge is -2.02. The molecule has 0 aliphatic rings. The highest BCUT2D eigenvalue weighted by Crippen LogP contribution is 2.13. The van der Waals surface area contributed by atoms with Gasteiger partial charge in [-0.3, -0.25) is 4.79 Å². The maximum atomic E-state index is 12.1. The zero-order valence-corrected chi connectivity index (χ0v) is 11.2. The third-order valence-corrected chi connectivity index (χ3v) is 3.81. The summed E-state index contributed by atoms with van der Waals surface area (Å²) in [6.07, 6.45) is 1.09. The van der Waals surface area contributed by atoms with Gasteiger partial charge < -0.3 is 9.97 Å². The molecule has 0 saturated carbocycles. The number of carbonyl (C=O) groups excluding carboxylic acids is 1. The first-order chi connectivity index (χ1) is 8.79. The number of hydrogen-bond acceptors (Lipinski definition) is 4. The molecule has 1 aromatic carbocycles. The fourth-order valence-electron chi connectivity index (χ4n) is 1.70. The molecule has 0 aliphatic carbocycles. The summed E-state index contributed by atoms with van der Waals surface area (Å²) in [6.45, 7) is 1.61. The highest BCUT2D eigenvalue weighted by Gasteiger charge is 2.15. The maximum absolute atomic E-state index is 12.1. The van der Waals surface area contributed by atoms with E-state index in [0.717, 1.165) is 6.26 Å². The van der Waals surface area contributed by atoms with Crippen molar-refractivity contribution in [1.29, 1.82) is 0 Å². The van der Waals surface area contributed by atoms with Crippen molar-refractivity contribution >= 4 is 15.6 Å². The van der Waals surface area contributed by atoms with Crippen molar-refractivity contribution in [3.63, 3.8) is 0 Å². The van der Waals surface area contributed by atoms with Crippen molar-refractivity contribution in [3.8, 4) is 0 Å². The van der Waals surface area contributed by atoms with E-state index in [1.54, 1.807) is 6.92 Å². The Kier molecular flexibility index (Phi) is 3.15. The van der Waals surface area contributed by atoms with E-state index < -0.39 is 15.5 Å². The number of aromatic amines is 2. The van der Waals surface area contributed by atoms with Gasteiger partial charge in [0.25, 0.3) is 0 Å². The standard InChI is InChI=1S/C12H12N2O4S/c1-7-10(14-12(16)13-7)11(15)8-3-5-9(6-4-8)19(2,17)18/h3-6H,1-2H3,(H2,13,14,16).